The molecule has 0 spiro atoms. The highest BCUT2D eigenvalue weighted by molar-refractivity contribution is 5.94. The molecule has 0 fully saturated rings. The summed E-state index contributed by atoms with van der Waals surface area (Å²) < 4.78 is 5.03. The van der Waals surface area contributed by atoms with Crippen molar-refractivity contribution in [3.63, 3.8) is 0 Å². The predicted molar refractivity (Wildman–Crippen MR) is 80.3 cm³/mol. The maximum atomic E-state index is 12.3. The normalized spacial score (nSPS) is 11.8. The lowest BCUT2D eigenvalue weighted by Crippen LogP contribution is -2.28. The molecule has 110 valence electrons. The van der Waals surface area contributed by atoms with Crippen molar-refractivity contribution in [1.29, 1.82) is 0 Å². The van der Waals surface area contributed by atoms with Gasteiger partial charge in [-0.05, 0) is 37.1 Å². The summed E-state index contributed by atoms with van der Waals surface area (Å²) >= 11 is 0. The molecule has 0 saturated carbocycles. The van der Waals surface area contributed by atoms with E-state index in [1.807, 2.05) is 26.0 Å². The summed E-state index contributed by atoms with van der Waals surface area (Å²) in [4.78, 5) is 20.7. The van der Waals surface area contributed by atoms with Gasteiger partial charge in [-0.25, -0.2) is 4.98 Å². The van der Waals surface area contributed by atoms with Crippen molar-refractivity contribution in [2.24, 2.45) is 0 Å². The molecule has 0 aliphatic carbocycles. The first-order valence-electron chi connectivity index (χ1n) is 6.87. The van der Waals surface area contributed by atoms with Gasteiger partial charge in [-0.2, -0.15) is 0 Å². The topological polar surface area (TPSA) is 64.1 Å². The average Bonchev–Trinajstić information content (AvgIpc) is 2.52. The molecule has 1 N–H and O–H groups in total. The monoisotopic (exact) mass is 285 g/mol. The second-order valence-electron chi connectivity index (χ2n) is 4.78. The Kier molecular flexibility index (Phi) is 4.87. The van der Waals surface area contributed by atoms with E-state index in [9.17, 15) is 4.79 Å². The fourth-order valence-electron chi connectivity index (χ4n) is 2.04. The van der Waals surface area contributed by atoms with Crippen LogP contribution in [0.15, 0.2) is 36.7 Å². The Balaban J connectivity index is 2.16. The number of aryl methyl sites for hydroxylation is 1. The molecule has 0 bridgehead atoms. The summed E-state index contributed by atoms with van der Waals surface area (Å²) in [5.74, 6) is 0.259. The lowest BCUT2D eigenvalue weighted by Gasteiger charge is -2.17. The number of rotatable bonds is 5. The van der Waals surface area contributed by atoms with Crippen LogP contribution in [0.3, 0.4) is 0 Å². The molecular weight excluding hydrogens is 266 g/mol. The first-order chi connectivity index (χ1) is 10.1. The van der Waals surface area contributed by atoms with Crippen molar-refractivity contribution in [2.45, 2.75) is 26.3 Å². The molecule has 0 aliphatic rings. The summed E-state index contributed by atoms with van der Waals surface area (Å²) in [6, 6.07) is 7.09. The highest BCUT2D eigenvalue weighted by Crippen LogP contribution is 2.17. The minimum Gasteiger partial charge on any atom is -0.481 e. The molecule has 1 amide bonds. The van der Waals surface area contributed by atoms with E-state index in [1.54, 1.807) is 24.5 Å². The van der Waals surface area contributed by atoms with Crippen molar-refractivity contribution in [2.75, 3.05) is 7.11 Å². The van der Waals surface area contributed by atoms with Crippen molar-refractivity contribution >= 4 is 5.91 Å². The predicted octanol–water partition coefficient (Wildman–Crippen LogP) is 2.67. The zero-order chi connectivity index (χ0) is 15.2. The molecular formula is C16H19N3O2. The number of amides is 1. The van der Waals surface area contributed by atoms with E-state index in [2.05, 4.69) is 15.3 Å². The molecule has 2 aromatic heterocycles. The van der Waals surface area contributed by atoms with Crippen LogP contribution in [0.4, 0.5) is 0 Å². The molecule has 2 heterocycles. The maximum Gasteiger partial charge on any atom is 0.252 e. The second kappa shape index (κ2) is 6.83. The Morgan fingerprint density at radius 3 is 2.71 bits per heavy atom. The molecule has 0 aliphatic heterocycles. The number of nitrogens with one attached hydrogen (secondary N) is 1. The first kappa shape index (κ1) is 15.0. The fraction of sp³-hybridized carbons (Fsp3) is 0.312. The van der Waals surface area contributed by atoms with Crippen LogP contribution in [-0.2, 0) is 0 Å². The van der Waals surface area contributed by atoms with Gasteiger partial charge in [-0.15, -0.1) is 0 Å². The molecule has 1 atom stereocenters. The van der Waals surface area contributed by atoms with Gasteiger partial charge in [0.25, 0.3) is 5.91 Å². The lowest BCUT2D eigenvalue weighted by molar-refractivity contribution is 0.0934. The maximum absolute atomic E-state index is 12.3. The average molecular weight is 285 g/mol. The highest BCUT2D eigenvalue weighted by Gasteiger charge is 2.16. The van der Waals surface area contributed by atoms with Crippen molar-refractivity contribution in [3.05, 3.63) is 53.5 Å². The van der Waals surface area contributed by atoms with Crippen LogP contribution in [0.2, 0.25) is 0 Å². The lowest BCUT2D eigenvalue weighted by atomic mass is 10.1. The van der Waals surface area contributed by atoms with Crippen LogP contribution in [0, 0.1) is 6.92 Å². The van der Waals surface area contributed by atoms with E-state index < -0.39 is 0 Å². The van der Waals surface area contributed by atoms with Crippen molar-refractivity contribution in [1.82, 2.24) is 15.3 Å². The van der Waals surface area contributed by atoms with Crippen LogP contribution < -0.4 is 10.1 Å². The smallest absolute Gasteiger partial charge is 0.252 e. The minimum absolute atomic E-state index is 0.114. The quantitative estimate of drug-likeness (QED) is 0.917. The Labute approximate surface area is 124 Å². The number of carbonyl (C=O) groups is 1. The number of pyridine rings is 2. The number of aromatic nitrogens is 2. The van der Waals surface area contributed by atoms with E-state index in [-0.39, 0.29) is 11.9 Å². The van der Waals surface area contributed by atoms with Gasteiger partial charge in [-0.1, -0.05) is 6.92 Å². The number of hydrogen-bond acceptors (Lipinski definition) is 4. The zero-order valence-corrected chi connectivity index (χ0v) is 12.5. The summed E-state index contributed by atoms with van der Waals surface area (Å²) in [6.45, 7) is 4.02. The van der Waals surface area contributed by atoms with Crippen LogP contribution in [0.1, 0.15) is 41.0 Å². The van der Waals surface area contributed by atoms with Crippen molar-refractivity contribution in [3.8, 4) is 5.88 Å². The molecule has 5 nitrogen and oxygen atoms in total. The Hall–Kier alpha value is -2.43. The molecule has 0 saturated heterocycles. The highest BCUT2D eigenvalue weighted by atomic mass is 16.5. The second-order valence-corrected chi connectivity index (χ2v) is 4.78. The van der Waals surface area contributed by atoms with E-state index in [0.717, 1.165) is 17.7 Å². The standard InChI is InChI=1S/C16H19N3O2/c1-4-13(14-9-11(2)5-7-17-14)19-16(20)12-6-8-18-15(10-12)21-3/h5-10,13H,4H2,1-3H3,(H,19,20)/t13-/m1/s1. The van der Waals surface area contributed by atoms with Crippen molar-refractivity contribution < 1.29 is 9.53 Å². The zero-order valence-electron chi connectivity index (χ0n) is 12.5. The number of hydrogen-bond donors (Lipinski definition) is 1. The summed E-state index contributed by atoms with van der Waals surface area (Å²) in [5, 5.41) is 2.99. The van der Waals surface area contributed by atoms with E-state index in [0.29, 0.717) is 11.4 Å². The molecule has 21 heavy (non-hydrogen) atoms. The molecule has 2 aromatic rings. The van der Waals surface area contributed by atoms with E-state index in [1.165, 1.54) is 7.11 Å². The van der Waals surface area contributed by atoms with Gasteiger partial charge >= 0.3 is 0 Å². The summed E-state index contributed by atoms with van der Waals surface area (Å²) in [7, 11) is 1.52. The first-order valence-corrected chi connectivity index (χ1v) is 6.87. The summed E-state index contributed by atoms with van der Waals surface area (Å²) in [5.41, 5.74) is 2.51. The van der Waals surface area contributed by atoms with Crippen LogP contribution >= 0.6 is 0 Å². The Morgan fingerprint density at radius 1 is 1.29 bits per heavy atom. The van der Waals surface area contributed by atoms with Gasteiger partial charge in [0.05, 0.1) is 18.8 Å². The number of carbonyl (C=O) groups excluding carboxylic acids is 1. The molecule has 2 rings (SSSR count). The largest absolute Gasteiger partial charge is 0.481 e. The minimum atomic E-state index is -0.161. The van der Waals surface area contributed by atoms with E-state index >= 15 is 0 Å². The number of ether oxygens (including phenoxy) is 1. The van der Waals surface area contributed by atoms with Crippen LogP contribution in [0.25, 0.3) is 0 Å². The third-order valence-electron chi connectivity index (χ3n) is 3.21. The van der Waals surface area contributed by atoms with Crippen LogP contribution in [-0.4, -0.2) is 23.0 Å². The van der Waals surface area contributed by atoms with E-state index in [4.69, 9.17) is 4.74 Å². The third-order valence-corrected chi connectivity index (χ3v) is 3.21. The Morgan fingerprint density at radius 2 is 2.05 bits per heavy atom. The molecule has 0 aromatic carbocycles. The molecule has 0 radical (unpaired) electrons. The van der Waals surface area contributed by atoms with Gasteiger partial charge in [0, 0.05) is 24.0 Å². The van der Waals surface area contributed by atoms with Crippen LogP contribution in [0.5, 0.6) is 5.88 Å². The molecule has 5 heteroatoms. The van der Waals surface area contributed by atoms with Gasteiger partial charge < -0.3 is 10.1 Å². The van der Waals surface area contributed by atoms with Gasteiger partial charge in [-0.3, -0.25) is 9.78 Å². The fourth-order valence-corrected chi connectivity index (χ4v) is 2.04. The number of nitrogens with zero attached hydrogens (tertiary/aromatic N) is 2. The van der Waals surface area contributed by atoms with Gasteiger partial charge in [0.2, 0.25) is 5.88 Å². The number of methoxy groups -OCH3 is 1. The summed E-state index contributed by atoms with van der Waals surface area (Å²) in [6.07, 6.45) is 4.08. The third kappa shape index (κ3) is 3.78. The van der Waals surface area contributed by atoms with Gasteiger partial charge in [0.1, 0.15) is 0 Å². The SMILES string of the molecule is CC[C@@H](NC(=O)c1ccnc(OC)c1)c1cc(C)ccn1. The molecule has 0 unspecified atom stereocenters. The van der Waals surface area contributed by atoms with Gasteiger partial charge in [0.15, 0.2) is 0 Å². The Bertz CT molecular complexity index is 628.